The van der Waals surface area contributed by atoms with Crippen LogP contribution in [0.1, 0.15) is 17.8 Å². The Labute approximate surface area is 116 Å². The first kappa shape index (κ1) is 13.5. The van der Waals surface area contributed by atoms with E-state index in [-0.39, 0.29) is 6.03 Å². The molecule has 7 nitrogen and oxygen atoms in total. The SMILES string of the molecule is N#Cc1ccc(NC(=O)NCCCc2ncn[nH]2)cc1. The summed E-state index contributed by atoms with van der Waals surface area (Å²) in [7, 11) is 0. The Kier molecular flexibility index (Phi) is 4.67. The molecule has 0 radical (unpaired) electrons. The molecule has 0 aliphatic rings. The average molecular weight is 270 g/mol. The maximum Gasteiger partial charge on any atom is 0.319 e. The van der Waals surface area contributed by atoms with Crippen molar-refractivity contribution in [2.45, 2.75) is 12.8 Å². The highest BCUT2D eigenvalue weighted by atomic mass is 16.2. The Bertz CT molecular complexity index is 584. The van der Waals surface area contributed by atoms with Gasteiger partial charge in [-0.1, -0.05) is 0 Å². The molecule has 102 valence electrons. The Balaban J connectivity index is 1.68. The molecular weight excluding hydrogens is 256 g/mol. The number of nitrogens with zero attached hydrogens (tertiary/aromatic N) is 3. The van der Waals surface area contributed by atoms with Crippen molar-refractivity contribution in [2.24, 2.45) is 0 Å². The minimum atomic E-state index is -0.271. The molecule has 0 saturated heterocycles. The van der Waals surface area contributed by atoms with Gasteiger partial charge in [-0.3, -0.25) is 5.10 Å². The lowest BCUT2D eigenvalue weighted by molar-refractivity contribution is 0.252. The quantitative estimate of drug-likeness (QED) is 0.714. The van der Waals surface area contributed by atoms with E-state index in [0.29, 0.717) is 17.8 Å². The van der Waals surface area contributed by atoms with Crippen LogP contribution in [0.15, 0.2) is 30.6 Å². The lowest BCUT2D eigenvalue weighted by Gasteiger charge is -2.07. The van der Waals surface area contributed by atoms with Gasteiger partial charge >= 0.3 is 6.03 Å². The van der Waals surface area contributed by atoms with E-state index in [1.807, 2.05) is 6.07 Å². The number of hydrogen-bond acceptors (Lipinski definition) is 4. The van der Waals surface area contributed by atoms with Crippen molar-refractivity contribution < 1.29 is 4.79 Å². The number of benzene rings is 1. The highest BCUT2D eigenvalue weighted by Gasteiger charge is 2.01. The molecule has 1 aromatic heterocycles. The van der Waals surface area contributed by atoms with Gasteiger partial charge < -0.3 is 10.6 Å². The van der Waals surface area contributed by atoms with Crippen molar-refractivity contribution in [2.75, 3.05) is 11.9 Å². The smallest absolute Gasteiger partial charge is 0.319 e. The molecule has 0 fully saturated rings. The topological polar surface area (TPSA) is 106 Å². The second-order valence-electron chi connectivity index (χ2n) is 4.11. The fourth-order valence-corrected chi connectivity index (χ4v) is 1.61. The maximum absolute atomic E-state index is 11.6. The third kappa shape index (κ3) is 4.10. The van der Waals surface area contributed by atoms with Crippen LogP contribution in [0.2, 0.25) is 0 Å². The summed E-state index contributed by atoms with van der Waals surface area (Å²) in [5.74, 6) is 0.805. The standard InChI is InChI=1S/C13H14N6O/c14-8-10-3-5-11(6-4-10)18-13(20)15-7-1-2-12-16-9-17-19-12/h3-6,9H,1-2,7H2,(H2,15,18,20)(H,16,17,19). The number of carbonyl (C=O) groups excluding carboxylic acids is 1. The predicted octanol–water partition coefficient (Wildman–Crippen LogP) is 1.43. The predicted molar refractivity (Wildman–Crippen MR) is 72.9 cm³/mol. The van der Waals surface area contributed by atoms with E-state index in [0.717, 1.165) is 18.7 Å². The summed E-state index contributed by atoms with van der Waals surface area (Å²) in [6.07, 6.45) is 2.97. The number of urea groups is 1. The number of hydrogen-bond donors (Lipinski definition) is 3. The van der Waals surface area contributed by atoms with Crippen molar-refractivity contribution in [3.8, 4) is 6.07 Å². The third-order valence-corrected chi connectivity index (χ3v) is 2.61. The maximum atomic E-state index is 11.6. The fourth-order valence-electron chi connectivity index (χ4n) is 1.61. The highest BCUT2D eigenvalue weighted by molar-refractivity contribution is 5.89. The summed E-state index contributed by atoms with van der Waals surface area (Å²) in [6.45, 7) is 0.544. The van der Waals surface area contributed by atoms with Crippen molar-refractivity contribution in [3.05, 3.63) is 42.0 Å². The van der Waals surface area contributed by atoms with Crippen LogP contribution in [0.5, 0.6) is 0 Å². The molecule has 0 bridgehead atoms. The first-order valence-electron chi connectivity index (χ1n) is 6.17. The van der Waals surface area contributed by atoms with Crippen LogP contribution in [0.25, 0.3) is 0 Å². The van der Waals surface area contributed by atoms with Crippen LogP contribution >= 0.6 is 0 Å². The lowest BCUT2D eigenvalue weighted by Crippen LogP contribution is -2.29. The van der Waals surface area contributed by atoms with E-state index in [2.05, 4.69) is 25.8 Å². The van der Waals surface area contributed by atoms with Gasteiger partial charge in [0.2, 0.25) is 0 Å². The highest BCUT2D eigenvalue weighted by Crippen LogP contribution is 2.08. The molecule has 2 rings (SSSR count). The Morgan fingerprint density at radius 2 is 2.15 bits per heavy atom. The summed E-state index contributed by atoms with van der Waals surface area (Å²) in [4.78, 5) is 15.6. The largest absolute Gasteiger partial charge is 0.338 e. The molecule has 1 heterocycles. The van der Waals surface area contributed by atoms with Gasteiger partial charge in [-0.15, -0.1) is 0 Å². The molecule has 3 N–H and O–H groups in total. The molecule has 2 aromatic rings. The normalized spacial score (nSPS) is 9.75. The monoisotopic (exact) mass is 270 g/mol. The van der Waals surface area contributed by atoms with Gasteiger partial charge in [0, 0.05) is 18.7 Å². The van der Waals surface area contributed by atoms with Gasteiger partial charge in [0.05, 0.1) is 11.6 Å². The lowest BCUT2D eigenvalue weighted by atomic mass is 10.2. The zero-order valence-corrected chi connectivity index (χ0v) is 10.8. The molecule has 20 heavy (non-hydrogen) atoms. The number of aryl methyl sites for hydroxylation is 1. The van der Waals surface area contributed by atoms with Gasteiger partial charge in [-0.25, -0.2) is 9.78 Å². The first-order chi connectivity index (χ1) is 9.78. The number of anilines is 1. The molecule has 0 aliphatic carbocycles. The second-order valence-corrected chi connectivity index (χ2v) is 4.11. The van der Waals surface area contributed by atoms with Gasteiger partial charge in [0.1, 0.15) is 12.2 Å². The Morgan fingerprint density at radius 3 is 2.80 bits per heavy atom. The molecule has 2 amide bonds. The molecule has 0 unspecified atom stereocenters. The number of aromatic nitrogens is 3. The summed E-state index contributed by atoms with van der Waals surface area (Å²) >= 11 is 0. The van der Waals surface area contributed by atoms with Gasteiger partial charge in [0.15, 0.2) is 0 Å². The van der Waals surface area contributed by atoms with Crippen molar-refractivity contribution in [1.82, 2.24) is 20.5 Å². The molecule has 7 heteroatoms. The van der Waals surface area contributed by atoms with Crippen LogP contribution in [-0.2, 0) is 6.42 Å². The number of nitriles is 1. The number of aromatic amines is 1. The van der Waals surface area contributed by atoms with E-state index >= 15 is 0 Å². The van der Waals surface area contributed by atoms with E-state index in [1.54, 1.807) is 24.3 Å². The molecule has 0 spiro atoms. The van der Waals surface area contributed by atoms with Crippen LogP contribution in [-0.4, -0.2) is 27.8 Å². The molecule has 0 saturated carbocycles. The van der Waals surface area contributed by atoms with Crippen LogP contribution in [0.3, 0.4) is 0 Å². The van der Waals surface area contributed by atoms with E-state index < -0.39 is 0 Å². The number of rotatable bonds is 5. The van der Waals surface area contributed by atoms with Crippen LogP contribution in [0, 0.1) is 11.3 Å². The molecular formula is C13H14N6O. The van der Waals surface area contributed by atoms with Gasteiger partial charge in [-0.05, 0) is 30.7 Å². The van der Waals surface area contributed by atoms with E-state index in [4.69, 9.17) is 5.26 Å². The minimum Gasteiger partial charge on any atom is -0.338 e. The fraction of sp³-hybridized carbons (Fsp3) is 0.231. The second kappa shape index (κ2) is 6.89. The van der Waals surface area contributed by atoms with Gasteiger partial charge in [-0.2, -0.15) is 10.4 Å². The van der Waals surface area contributed by atoms with Crippen LogP contribution in [0.4, 0.5) is 10.5 Å². The Morgan fingerprint density at radius 1 is 1.35 bits per heavy atom. The van der Waals surface area contributed by atoms with Crippen LogP contribution < -0.4 is 10.6 Å². The van der Waals surface area contributed by atoms with Crippen molar-refractivity contribution >= 4 is 11.7 Å². The zero-order chi connectivity index (χ0) is 14.2. The summed E-state index contributed by atoms with van der Waals surface area (Å²) < 4.78 is 0. The zero-order valence-electron chi connectivity index (χ0n) is 10.8. The number of H-pyrrole nitrogens is 1. The van der Waals surface area contributed by atoms with E-state index in [1.165, 1.54) is 6.33 Å². The molecule has 0 aliphatic heterocycles. The number of carbonyl (C=O) groups is 1. The summed E-state index contributed by atoms with van der Waals surface area (Å²) in [6, 6.07) is 8.43. The van der Waals surface area contributed by atoms with Crippen molar-refractivity contribution in [1.29, 1.82) is 5.26 Å². The number of amides is 2. The summed E-state index contributed by atoms with van der Waals surface area (Å²) in [5.41, 5.74) is 1.21. The summed E-state index contributed by atoms with van der Waals surface area (Å²) in [5, 5.41) is 20.6. The average Bonchev–Trinajstić information content (AvgIpc) is 2.98. The first-order valence-corrected chi connectivity index (χ1v) is 6.17. The van der Waals surface area contributed by atoms with E-state index in [9.17, 15) is 4.79 Å². The van der Waals surface area contributed by atoms with Gasteiger partial charge in [0.25, 0.3) is 0 Å². The number of nitrogens with one attached hydrogen (secondary N) is 3. The minimum absolute atomic E-state index is 0.271. The third-order valence-electron chi connectivity index (χ3n) is 2.61. The molecule has 1 aromatic carbocycles. The Hall–Kier alpha value is -2.88. The molecule has 0 atom stereocenters. The van der Waals surface area contributed by atoms with Crippen molar-refractivity contribution in [3.63, 3.8) is 0 Å².